The van der Waals surface area contributed by atoms with E-state index in [0.717, 1.165) is 0 Å². The minimum Gasteiger partial charge on any atom is -0.480 e. The average Bonchev–Trinajstić information content (AvgIpc) is 2.31. The van der Waals surface area contributed by atoms with Gasteiger partial charge in [-0.3, -0.25) is 9.59 Å². The Labute approximate surface area is 105 Å². The van der Waals surface area contributed by atoms with E-state index in [0.29, 0.717) is 30.9 Å². The predicted octanol–water partition coefficient (Wildman–Crippen LogP) is -0.213. The molecule has 2 amide bonds. The van der Waals surface area contributed by atoms with Gasteiger partial charge in [-0.2, -0.15) is 11.8 Å². The molecule has 1 unspecified atom stereocenters. The molecular weight excluding hydrogens is 244 g/mol. The van der Waals surface area contributed by atoms with Gasteiger partial charge in [-0.25, -0.2) is 4.79 Å². The summed E-state index contributed by atoms with van der Waals surface area (Å²) in [7, 11) is 1.72. The molecule has 0 aromatic rings. The van der Waals surface area contributed by atoms with E-state index < -0.39 is 12.0 Å². The molecule has 0 radical (unpaired) electrons. The highest BCUT2D eigenvalue weighted by molar-refractivity contribution is 7.99. The van der Waals surface area contributed by atoms with Crippen LogP contribution in [0.5, 0.6) is 0 Å². The Bertz CT molecular complexity index is 273. The molecule has 1 atom stereocenters. The third-order valence-electron chi connectivity index (χ3n) is 2.24. The summed E-state index contributed by atoms with van der Waals surface area (Å²) in [5.74, 6) is -0.193. The second-order valence-electron chi connectivity index (χ2n) is 3.42. The lowest BCUT2D eigenvalue weighted by molar-refractivity contribution is -0.140. The molecule has 0 fully saturated rings. The van der Waals surface area contributed by atoms with Crippen LogP contribution in [0.25, 0.3) is 0 Å². The van der Waals surface area contributed by atoms with E-state index >= 15 is 0 Å². The Morgan fingerprint density at radius 1 is 1.53 bits per heavy atom. The first-order chi connectivity index (χ1) is 8.02. The summed E-state index contributed by atoms with van der Waals surface area (Å²) >= 11 is 1.37. The summed E-state index contributed by atoms with van der Waals surface area (Å²) in [6, 6.07) is -0.876. The molecule has 0 heterocycles. The fourth-order valence-electron chi connectivity index (χ4n) is 1.01. The monoisotopic (exact) mass is 262 g/mol. The van der Waals surface area contributed by atoms with Crippen molar-refractivity contribution in [2.45, 2.75) is 19.4 Å². The van der Waals surface area contributed by atoms with Crippen LogP contribution in [0.4, 0.5) is 0 Å². The van der Waals surface area contributed by atoms with Crippen molar-refractivity contribution in [1.82, 2.24) is 10.2 Å². The maximum absolute atomic E-state index is 11.4. The van der Waals surface area contributed by atoms with Crippen molar-refractivity contribution in [2.75, 3.05) is 25.1 Å². The van der Waals surface area contributed by atoms with E-state index in [9.17, 15) is 14.4 Å². The van der Waals surface area contributed by atoms with Gasteiger partial charge in [0, 0.05) is 13.6 Å². The normalized spacial score (nSPS) is 11.6. The van der Waals surface area contributed by atoms with Crippen molar-refractivity contribution >= 4 is 30.0 Å². The number of rotatable bonds is 9. The number of carbonyl (C=O) groups excluding carboxylic acids is 2. The number of amides is 2. The summed E-state index contributed by atoms with van der Waals surface area (Å²) in [5.41, 5.74) is 0. The molecule has 0 aliphatic carbocycles. The van der Waals surface area contributed by atoms with E-state index in [1.165, 1.54) is 11.8 Å². The smallest absolute Gasteiger partial charge is 0.326 e. The van der Waals surface area contributed by atoms with Crippen LogP contribution in [0.1, 0.15) is 13.3 Å². The van der Waals surface area contributed by atoms with Crippen molar-refractivity contribution in [3.8, 4) is 0 Å². The SMILES string of the molecule is CCN(C)C(=O)CSCCC(NC=O)C(=O)O. The molecule has 17 heavy (non-hydrogen) atoms. The van der Waals surface area contributed by atoms with E-state index in [1.54, 1.807) is 11.9 Å². The molecule has 0 saturated heterocycles. The summed E-state index contributed by atoms with van der Waals surface area (Å²) in [4.78, 5) is 33.8. The van der Waals surface area contributed by atoms with E-state index in [1.807, 2.05) is 6.92 Å². The molecule has 0 bridgehead atoms. The van der Waals surface area contributed by atoms with Crippen LogP contribution in [0.15, 0.2) is 0 Å². The van der Waals surface area contributed by atoms with Crippen LogP contribution in [-0.2, 0) is 14.4 Å². The number of nitrogens with one attached hydrogen (secondary N) is 1. The van der Waals surface area contributed by atoms with E-state index in [4.69, 9.17) is 5.11 Å². The van der Waals surface area contributed by atoms with Gasteiger partial charge in [0.1, 0.15) is 6.04 Å². The van der Waals surface area contributed by atoms with Crippen LogP contribution in [0, 0.1) is 0 Å². The highest BCUT2D eigenvalue weighted by Gasteiger charge is 2.16. The molecule has 0 rings (SSSR count). The van der Waals surface area contributed by atoms with Gasteiger partial charge in [0.05, 0.1) is 5.75 Å². The van der Waals surface area contributed by atoms with Gasteiger partial charge in [0.25, 0.3) is 0 Å². The Kier molecular flexibility index (Phi) is 8.21. The number of hydrogen-bond donors (Lipinski definition) is 2. The molecule has 0 spiro atoms. The van der Waals surface area contributed by atoms with Crippen LogP contribution in [0.2, 0.25) is 0 Å². The molecule has 7 heteroatoms. The zero-order valence-corrected chi connectivity index (χ0v) is 10.8. The first-order valence-corrected chi connectivity index (χ1v) is 6.42. The fraction of sp³-hybridized carbons (Fsp3) is 0.700. The number of hydrogen-bond acceptors (Lipinski definition) is 4. The van der Waals surface area contributed by atoms with Gasteiger partial charge in [-0.15, -0.1) is 0 Å². The Morgan fingerprint density at radius 2 is 2.18 bits per heavy atom. The topological polar surface area (TPSA) is 86.7 Å². The summed E-state index contributed by atoms with van der Waals surface area (Å²) in [6.45, 7) is 2.54. The van der Waals surface area contributed by atoms with Gasteiger partial charge >= 0.3 is 5.97 Å². The van der Waals surface area contributed by atoms with Crippen LogP contribution in [0.3, 0.4) is 0 Å². The number of aliphatic carboxylic acids is 1. The zero-order chi connectivity index (χ0) is 13.3. The van der Waals surface area contributed by atoms with Gasteiger partial charge in [-0.1, -0.05) is 0 Å². The number of thioether (sulfide) groups is 1. The van der Waals surface area contributed by atoms with Crippen molar-refractivity contribution in [1.29, 1.82) is 0 Å². The Morgan fingerprint density at radius 3 is 2.65 bits per heavy atom. The quantitative estimate of drug-likeness (QED) is 0.443. The predicted molar refractivity (Wildman–Crippen MR) is 65.9 cm³/mol. The standard InChI is InChI=1S/C10H18N2O4S/c1-3-12(2)9(14)6-17-5-4-8(10(15)16)11-7-13/h7-8H,3-6H2,1-2H3,(H,11,13)(H,15,16). The Hall–Kier alpha value is -1.24. The number of carboxylic acids is 1. The first-order valence-electron chi connectivity index (χ1n) is 5.27. The molecule has 0 aliphatic heterocycles. The maximum Gasteiger partial charge on any atom is 0.326 e. The van der Waals surface area contributed by atoms with Crippen molar-refractivity contribution in [3.05, 3.63) is 0 Å². The van der Waals surface area contributed by atoms with E-state index in [-0.39, 0.29) is 5.91 Å². The van der Waals surface area contributed by atoms with Crippen LogP contribution in [-0.4, -0.2) is 59.4 Å². The van der Waals surface area contributed by atoms with Gasteiger partial charge in [0.2, 0.25) is 12.3 Å². The number of nitrogens with zero attached hydrogens (tertiary/aromatic N) is 1. The summed E-state index contributed by atoms with van der Waals surface area (Å²) in [5, 5.41) is 10.9. The highest BCUT2D eigenvalue weighted by Crippen LogP contribution is 2.06. The average molecular weight is 262 g/mol. The third-order valence-corrected chi connectivity index (χ3v) is 3.22. The summed E-state index contributed by atoms with van der Waals surface area (Å²) < 4.78 is 0. The number of carbonyl (C=O) groups is 3. The lowest BCUT2D eigenvalue weighted by Crippen LogP contribution is -2.36. The highest BCUT2D eigenvalue weighted by atomic mass is 32.2. The van der Waals surface area contributed by atoms with Gasteiger partial charge in [0.15, 0.2) is 0 Å². The zero-order valence-electron chi connectivity index (χ0n) is 10.0. The summed E-state index contributed by atoms with van der Waals surface area (Å²) in [6.07, 6.45) is 0.682. The number of carboxylic acid groups (broad SMARTS) is 1. The lowest BCUT2D eigenvalue weighted by Gasteiger charge is -2.14. The lowest BCUT2D eigenvalue weighted by atomic mass is 10.2. The third kappa shape index (κ3) is 6.83. The molecule has 2 N–H and O–H groups in total. The molecule has 0 aromatic heterocycles. The first kappa shape index (κ1) is 15.8. The minimum atomic E-state index is -1.06. The molecular formula is C10H18N2O4S. The van der Waals surface area contributed by atoms with Crippen molar-refractivity contribution in [2.24, 2.45) is 0 Å². The van der Waals surface area contributed by atoms with Crippen LogP contribution < -0.4 is 5.32 Å². The fourth-order valence-corrected chi connectivity index (χ4v) is 1.95. The molecule has 6 nitrogen and oxygen atoms in total. The maximum atomic E-state index is 11.4. The molecule has 0 aliphatic rings. The molecule has 98 valence electrons. The van der Waals surface area contributed by atoms with Crippen molar-refractivity contribution < 1.29 is 19.5 Å². The minimum absolute atomic E-state index is 0.0210. The van der Waals surface area contributed by atoms with E-state index in [2.05, 4.69) is 5.32 Å². The Balaban J connectivity index is 3.78. The molecule has 0 saturated carbocycles. The van der Waals surface area contributed by atoms with Gasteiger partial charge in [-0.05, 0) is 19.1 Å². The van der Waals surface area contributed by atoms with Gasteiger partial charge < -0.3 is 15.3 Å². The van der Waals surface area contributed by atoms with Crippen molar-refractivity contribution in [3.63, 3.8) is 0 Å². The largest absolute Gasteiger partial charge is 0.480 e. The molecule has 0 aromatic carbocycles. The second-order valence-corrected chi connectivity index (χ2v) is 4.53. The second kappa shape index (κ2) is 8.86. The van der Waals surface area contributed by atoms with Crippen LogP contribution >= 0.6 is 11.8 Å².